The number of hydrogen-bond acceptors (Lipinski definition) is 0. The SMILES string of the molecule is CCCCc1cc2c(-c3ccccc3C)c(CCC)ccc2[cH-]1.CCCCc1cc2c(-c3ccccc3C)c(CCC)ccc2[cH-]1.C[Si]C.[Cl][Zr+2][Cl]. The molecular weight excluding hydrogens is 767 g/mol. The molecule has 4 heteroatoms. The van der Waals surface area contributed by atoms with Crippen LogP contribution in [0.3, 0.4) is 0 Å². The van der Waals surface area contributed by atoms with Gasteiger partial charge in [-0.1, -0.05) is 150 Å². The van der Waals surface area contributed by atoms with Gasteiger partial charge < -0.3 is 0 Å². The summed E-state index contributed by atoms with van der Waals surface area (Å²) in [4.78, 5) is 0. The Hall–Kier alpha value is -2.22. The number of benzene rings is 4. The van der Waals surface area contributed by atoms with Crippen LogP contribution in [0.4, 0.5) is 0 Å². The molecule has 0 spiro atoms. The van der Waals surface area contributed by atoms with Crippen LogP contribution in [0.25, 0.3) is 43.8 Å². The molecule has 0 atom stereocenters. The monoisotopic (exact) mass is 824 g/mol. The molecule has 0 nitrogen and oxygen atoms in total. The molecule has 0 aliphatic rings. The fraction of sp³-hybridized carbons (Fsp3) is 0.375. The molecular formula is C48H60Cl2SiZr. The molecule has 0 aliphatic heterocycles. The van der Waals surface area contributed by atoms with E-state index < -0.39 is 20.8 Å². The number of fused-ring (bicyclic) bond motifs is 2. The molecule has 0 N–H and O–H groups in total. The standard InChI is InChI=1S/2C23H27.C2H6Si.2ClH.Zr/c2*1-4-6-11-18-15-20-14-13-19(9-5-2)23(22(20)16-18)21-12-8-7-10-17(21)3;1-3-2;;;/h2*7-8,10,12-16H,4-6,9,11H2,1-3H3;1-2H3;2*1H;/q2*-1;;;;+4/p-2. The molecule has 0 unspecified atom stereocenters. The van der Waals surface area contributed by atoms with E-state index in [-0.39, 0.29) is 0 Å². The van der Waals surface area contributed by atoms with Crippen molar-refractivity contribution in [2.24, 2.45) is 0 Å². The van der Waals surface area contributed by atoms with Crippen LogP contribution in [0, 0.1) is 13.8 Å². The second kappa shape index (κ2) is 24.2. The van der Waals surface area contributed by atoms with E-state index in [4.69, 9.17) is 17.0 Å². The van der Waals surface area contributed by atoms with E-state index in [1.54, 1.807) is 0 Å². The molecule has 0 aliphatic carbocycles. The van der Waals surface area contributed by atoms with Gasteiger partial charge in [-0.05, 0) is 61.8 Å². The Balaban J connectivity index is 0.000000244. The first-order valence-electron chi connectivity index (χ1n) is 19.4. The number of halogens is 2. The molecule has 2 radical (unpaired) electrons. The van der Waals surface area contributed by atoms with Gasteiger partial charge in [0.15, 0.2) is 0 Å². The number of unbranched alkanes of at least 4 members (excludes halogenated alkanes) is 2. The first kappa shape index (κ1) is 44.2. The minimum absolute atomic E-state index is 0.826. The number of hydrogen-bond donors (Lipinski definition) is 0. The van der Waals surface area contributed by atoms with E-state index in [1.807, 2.05) is 0 Å². The zero-order chi connectivity index (χ0) is 37.9. The first-order chi connectivity index (χ1) is 25.3. The molecule has 0 fully saturated rings. The van der Waals surface area contributed by atoms with Crippen molar-refractivity contribution in [3.63, 3.8) is 0 Å². The van der Waals surface area contributed by atoms with Crippen LogP contribution in [0.2, 0.25) is 13.1 Å². The van der Waals surface area contributed by atoms with Crippen LogP contribution in [-0.2, 0) is 46.5 Å². The van der Waals surface area contributed by atoms with E-state index in [0.29, 0.717) is 0 Å². The summed E-state index contributed by atoms with van der Waals surface area (Å²) in [6.45, 7) is 17.8. The van der Waals surface area contributed by atoms with Gasteiger partial charge in [0, 0.05) is 9.52 Å². The van der Waals surface area contributed by atoms with Crippen molar-refractivity contribution >= 4 is 48.1 Å². The zero-order valence-electron chi connectivity index (χ0n) is 33.1. The van der Waals surface area contributed by atoms with Gasteiger partial charge in [0.05, 0.1) is 0 Å². The number of aryl methyl sites for hydroxylation is 6. The van der Waals surface area contributed by atoms with Gasteiger partial charge in [0.25, 0.3) is 0 Å². The summed E-state index contributed by atoms with van der Waals surface area (Å²) < 4.78 is 0. The van der Waals surface area contributed by atoms with Crippen LogP contribution in [0.5, 0.6) is 0 Å². The number of rotatable bonds is 12. The summed E-state index contributed by atoms with van der Waals surface area (Å²) in [6, 6.07) is 36.6. The molecule has 0 amide bonds. The molecule has 6 rings (SSSR count). The molecule has 0 heterocycles. The predicted molar refractivity (Wildman–Crippen MR) is 234 cm³/mol. The van der Waals surface area contributed by atoms with Crippen LogP contribution in [0.15, 0.2) is 97.1 Å². The van der Waals surface area contributed by atoms with Gasteiger partial charge in [-0.2, -0.15) is 12.1 Å². The average Bonchev–Trinajstić information content (AvgIpc) is 3.76. The molecule has 6 aromatic rings. The Bertz CT molecular complexity index is 1770. The second-order valence-corrected chi connectivity index (χ2v) is 18.6. The summed E-state index contributed by atoms with van der Waals surface area (Å²) in [6.07, 6.45) is 12.1. The molecule has 52 heavy (non-hydrogen) atoms. The summed E-state index contributed by atoms with van der Waals surface area (Å²) in [5.41, 5.74) is 14.4. The summed E-state index contributed by atoms with van der Waals surface area (Å²) >= 11 is -0.826. The molecule has 0 saturated heterocycles. The fourth-order valence-electron chi connectivity index (χ4n) is 7.13. The Morgan fingerprint density at radius 2 is 0.904 bits per heavy atom. The van der Waals surface area contributed by atoms with Crippen molar-refractivity contribution in [2.45, 2.75) is 119 Å². The van der Waals surface area contributed by atoms with E-state index in [2.05, 4.69) is 152 Å². The third-order valence-corrected chi connectivity index (χ3v) is 9.58. The van der Waals surface area contributed by atoms with Gasteiger partial charge in [-0.25, -0.2) is 0 Å². The normalized spacial score (nSPS) is 10.5. The predicted octanol–water partition coefficient (Wildman–Crippen LogP) is 15.8. The maximum absolute atomic E-state index is 4.93. The van der Waals surface area contributed by atoms with Crippen LogP contribution in [0.1, 0.15) is 99.6 Å². The van der Waals surface area contributed by atoms with E-state index in [1.165, 1.54) is 129 Å². The Morgan fingerprint density at radius 1 is 0.538 bits per heavy atom. The second-order valence-electron chi connectivity index (χ2n) is 13.8. The van der Waals surface area contributed by atoms with Crippen LogP contribution in [-0.4, -0.2) is 9.52 Å². The van der Waals surface area contributed by atoms with E-state index >= 15 is 0 Å². The zero-order valence-corrected chi connectivity index (χ0v) is 38.0. The van der Waals surface area contributed by atoms with Crippen molar-refractivity contribution in [3.8, 4) is 22.3 Å². The summed E-state index contributed by atoms with van der Waals surface area (Å²) in [5, 5.41) is 5.68. The third-order valence-electron chi connectivity index (χ3n) is 9.58. The molecule has 0 bridgehead atoms. The minimum atomic E-state index is -0.826. The summed E-state index contributed by atoms with van der Waals surface area (Å²) in [5.74, 6) is 0. The van der Waals surface area contributed by atoms with Gasteiger partial charge in [-0.15, -0.1) is 69.1 Å². The maximum atomic E-state index is 4.93. The first-order valence-corrected chi connectivity index (χ1v) is 27.7. The van der Waals surface area contributed by atoms with Gasteiger partial charge in [-0.3, -0.25) is 0 Å². The quantitative estimate of drug-likeness (QED) is 0.0852. The van der Waals surface area contributed by atoms with E-state index in [0.717, 1.165) is 22.4 Å². The Labute approximate surface area is 338 Å². The molecule has 6 aromatic carbocycles. The van der Waals surface area contributed by atoms with Crippen molar-refractivity contribution in [3.05, 3.63) is 130 Å². The van der Waals surface area contributed by atoms with Gasteiger partial charge >= 0.3 is 37.9 Å². The molecule has 274 valence electrons. The topological polar surface area (TPSA) is 0 Å². The Kier molecular flexibility index (Phi) is 20.6. The average molecular weight is 827 g/mol. The Morgan fingerprint density at radius 3 is 1.23 bits per heavy atom. The van der Waals surface area contributed by atoms with Crippen LogP contribution >= 0.6 is 17.0 Å². The van der Waals surface area contributed by atoms with Gasteiger partial charge in [0.2, 0.25) is 0 Å². The summed E-state index contributed by atoms with van der Waals surface area (Å²) in [7, 11) is 11.0. The molecule has 0 aromatic heterocycles. The van der Waals surface area contributed by atoms with Crippen LogP contribution < -0.4 is 0 Å². The van der Waals surface area contributed by atoms with Crippen molar-refractivity contribution < 1.29 is 20.8 Å². The molecule has 0 saturated carbocycles. The third kappa shape index (κ3) is 12.4. The van der Waals surface area contributed by atoms with Crippen molar-refractivity contribution in [1.29, 1.82) is 0 Å². The fourth-order valence-corrected chi connectivity index (χ4v) is 7.13. The van der Waals surface area contributed by atoms with Crippen molar-refractivity contribution in [2.75, 3.05) is 0 Å². The van der Waals surface area contributed by atoms with Gasteiger partial charge in [0.1, 0.15) is 0 Å². The van der Waals surface area contributed by atoms with Crippen molar-refractivity contribution in [1.82, 2.24) is 0 Å². The van der Waals surface area contributed by atoms with E-state index in [9.17, 15) is 0 Å².